The van der Waals surface area contributed by atoms with E-state index in [1.165, 1.54) is 0 Å². The van der Waals surface area contributed by atoms with Crippen molar-refractivity contribution in [3.05, 3.63) is 35.1 Å². The first-order valence-electron chi connectivity index (χ1n) is 5.86. The highest BCUT2D eigenvalue weighted by atomic mass is 35.5. The number of imidazole rings is 1. The molecule has 2 N–H and O–H groups in total. The number of nitrogens with two attached hydrogens (primary N) is 1. The van der Waals surface area contributed by atoms with Gasteiger partial charge in [0.1, 0.15) is 17.7 Å². The zero-order valence-corrected chi connectivity index (χ0v) is 10.8. The van der Waals surface area contributed by atoms with Crippen molar-refractivity contribution in [2.75, 3.05) is 6.54 Å². The molecule has 2 aromatic rings. The smallest absolute Gasteiger partial charge is 0.141 e. The van der Waals surface area contributed by atoms with E-state index in [-0.39, 0.29) is 6.10 Å². The van der Waals surface area contributed by atoms with Crippen LogP contribution in [0.1, 0.15) is 5.56 Å². The van der Waals surface area contributed by atoms with Gasteiger partial charge < -0.3 is 15.0 Å². The van der Waals surface area contributed by atoms with Crippen LogP contribution in [-0.2, 0) is 13.5 Å². The van der Waals surface area contributed by atoms with Crippen LogP contribution in [0.5, 0.6) is 5.75 Å². The van der Waals surface area contributed by atoms with Crippen molar-refractivity contribution < 1.29 is 4.74 Å². The summed E-state index contributed by atoms with van der Waals surface area (Å²) in [5.74, 6) is 1.67. The van der Waals surface area contributed by atoms with E-state index >= 15 is 0 Å². The number of nitrogens with zero attached hydrogens (tertiary/aromatic N) is 2. The van der Waals surface area contributed by atoms with Crippen LogP contribution in [0.25, 0.3) is 11.4 Å². The maximum Gasteiger partial charge on any atom is 0.141 e. The van der Waals surface area contributed by atoms with Crippen molar-refractivity contribution >= 4 is 11.6 Å². The number of benzene rings is 1. The Morgan fingerprint density at radius 3 is 3.06 bits per heavy atom. The van der Waals surface area contributed by atoms with Crippen LogP contribution < -0.4 is 10.5 Å². The average molecular weight is 264 g/mol. The summed E-state index contributed by atoms with van der Waals surface area (Å²) < 4.78 is 7.67. The van der Waals surface area contributed by atoms with Gasteiger partial charge in [0, 0.05) is 43.5 Å². The standard InChI is InChI=1S/C13H14ClN3O/c1-17-3-2-16-13(17)9-4-8-5-10(7-15)18-12(8)11(14)6-9/h2-4,6,10H,5,7,15H2,1H3/t10-/m1/s1. The lowest BCUT2D eigenvalue weighted by Gasteiger charge is -2.08. The van der Waals surface area contributed by atoms with Gasteiger partial charge >= 0.3 is 0 Å². The minimum absolute atomic E-state index is 0.0362. The third-order valence-corrected chi connectivity index (χ3v) is 3.48. The molecule has 0 bridgehead atoms. The molecule has 0 aliphatic carbocycles. The first kappa shape index (κ1) is 11.6. The Labute approximate surface area is 110 Å². The van der Waals surface area contributed by atoms with Crippen molar-refractivity contribution in [2.45, 2.75) is 12.5 Å². The molecule has 0 fully saturated rings. The summed E-state index contributed by atoms with van der Waals surface area (Å²) in [6, 6.07) is 3.97. The molecule has 94 valence electrons. The van der Waals surface area contributed by atoms with E-state index in [1.807, 2.05) is 23.9 Å². The third kappa shape index (κ3) is 1.78. The van der Waals surface area contributed by atoms with E-state index in [0.29, 0.717) is 11.6 Å². The van der Waals surface area contributed by atoms with Crippen molar-refractivity contribution in [2.24, 2.45) is 12.8 Å². The normalized spacial score (nSPS) is 17.6. The summed E-state index contributed by atoms with van der Waals surface area (Å²) in [6.45, 7) is 0.503. The Hall–Kier alpha value is -1.52. The summed E-state index contributed by atoms with van der Waals surface area (Å²) in [5, 5.41) is 0.626. The van der Waals surface area contributed by atoms with Crippen LogP contribution >= 0.6 is 11.6 Å². The van der Waals surface area contributed by atoms with Gasteiger partial charge in [0.25, 0.3) is 0 Å². The fraction of sp³-hybridized carbons (Fsp3) is 0.308. The third-order valence-electron chi connectivity index (χ3n) is 3.19. The molecule has 2 heterocycles. The summed E-state index contributed by atoms with van der Waals surface area (Å²) in [6.07, 6.45) is 4.53. The predicted octanol–water partition coefficient (Wildman–Crippen LogP) is 2.00. The molecule has 0 unspecified atom stereocenters. The van der Waals surface area contributed by atoms with Crippen LogP contribution in [0.2, 0.25) is 5.02 Å². The molecule has 0 saturated heterocycles. The summed E-state index contributed by atoms with van der Waals surface area (Å²) in [5.41, 5.74) is 7.75. The van der Waals surface area contributed by atoms with Gasteiger partial charge in [-0.15, -0.1) is 0 Å². The Bertz CT molecular complexity index is 594. The number of aromatic nitrogens is 2. The molecule has 3 rings (SSSR count). The SMILES string of the molecule is Cn1ccnc1-c1cc(Cl)c2c(c1)C[C@H](CN)O2. The van der Waals surface area contributed by atoms with Gasteiger partial charge in [-0.2, -0.15) is 0 Å². The number of hydrogen-bond donors (Lipinski definition) is 1. The topological polar surface area (TPSA) is 53.1 Å². The summed E-state index contributed by atoms with van der Waals surface area (Å²) >= 11 is 6.26. The lowest BCUT2D eigenvalue weighted by Crippen LogP contribution is -2.24. The number of fused-ring (bicyclic) bond motifs is 1. The van der Waals surface area contributed by atoms with Crippen LogP contribution in [0.4, 0.5) is 0 Å². The van der Waals surface area contributed by atoms with Crippen molar-refractivity contribution in [1.82, 2.24) is 9.55 Å². The Balaban J connectivity index is 2.06. The first-order chi connectivity index (χ1) is 8.69. The quantitative estimate of drug-likeness (QED) is 0.902. The van der Waals surface area contributed by atoms with Crippen LogP contribution in [0, 0.1) is 0 Å². The molecule has 0 amide bonds. The van der Waals surface area contributed by atoms with Gasteiger partial charge in [-0.25, -0.2) is 4.98 Å². The van der Waals surface area contributed by atoms with E-state index in [0.717, 1.165) is 29.1 Å². The van der Waals surface area contributed by atoms with Gasteiger partial charge in [-0.3, -0.25) is 0 Å². The number of aryl methyl sites for hydroxylation is 1. The van der Waals surface area contributed by atoms with Crippen LogP contribution in [0.15, 0.2) is 24.5 Å². The minimum Gasteiger partial charge on any atom is -0.487 e. The molecule has 1 aliphatic heterocycles. The van der Waals surface area contributed by atoms with Crippen molar-refractivity contribution in [1.29, 1.82) is 0 Å². The molecule has 1 atom stereocenters. The average Bonchev–Trinajstić information content (AvgIpc) is 2.94. The lowest BCUT2D eigenvalue weighted by atomic mass is 10.1. The van der Waals surface area contributed by atoms with E-state index in [2.05, 4.69) is 11.1 Å². The lowest BCUT2D eigenvalue weighted by molar-refractivity contribution is 0.241. The van der Waals surface area contributed by atoms with E-state index in [1.54, 1.807) is 6.20 Å². The fourth-order valence-corrected chi connectivity index (χ4v) is 2.58. The van der Waals surface area contributed by atoms with E-state index in [4.69, 9.17) is 22.1 Å². The van der Waals surface area contributed by atoms with E-state index in [9.17, 15) is 0 Å². The molecular weight excluding hydrogens is 250 g/mol. The van der Waals surface area contributed by atoms with Gasteiger partial charge in [0.05, 0.1) is 5.02 Å². The van der Waals surface area contributed by atoms with Crippen LogP contribution in [0.3, 0.4) is 0 Å². The Kier molecular flexibility index (Phi) is 2.76. The predicted molar refractivity (Wildman–Crippen MR) is 70.8 cm³/mol. The maximum absolute atomic E-state index is 6.26. The molecule has 0 saturated carbocycles. The molecule has 0 spiro atoms. The first-order valence-corrected chi connectivity index (χ1v) is 6.23. The van der Waals surface area contributed by atoms with Gasteiger partial charge in [-0.05, 0) is 12.1 Å². The largest absolute Gasteiger partial charge is 0.487 e. The number of halogens is 1. The number of ether oxygens (including phenoxy) is 1. The zero-order chi connectivity index (χ0) is 12.7. The fourth-order valence-electron chi connectivity index (χ4n) is 2.29. The second kappa shape index (κ2) is 4.30. The molecule has 4 nitrogen and oxygen atoms in total. The van der Waals surface area contributed by atoms with Crippen LogP contribution in [-0.4, -0.2) is 22.2 Å². The van der Waals surface area contributed by atoms with Gasteiger partial charge in [0.2, 0.25) is 0 Å². The highest BCUT2D eigenvalue weighted by molar-refractivity contribution is 6.32. The molecule has 5 heteroatoms. The van der Waals surface area contributed by atoms with Gasteiger partial charge in [0.15, 0.2) is 0 Å². The molecule has 1 aromatic carbocycles. The monoisotopic (exact) mass is 263 g/mol. The van der Waals surface area contributed by atoms with Gasteiger partial charge in [-0.1, -0.05) is 11.6 Å². The molecule has 1 aromatic heterocycles. The second-order valence-corrected chi connectivity index (χ2v) is 4.89. The highest BCUT2D eigenvalue weighted by Crippen LogP contribution is 2.39. The molecule has 18 heavy (non-hydrogen) atoms. The number of rotatable bonds is 2. The zero-order valence-electron chi connectivity index (χ0n) is 10.1. The molecule has 0 radical (unpaired) electrons. The van der Waals surface area contributed by atoms with Crippen molar-refractivity contribution in [3.63, 3.8) is 0 Å². The molecule has 1 aliphatic rings. The summed E-state index contributed by atoms with van der Waals surface area (Å²) in [7, 11) is 1.96. The van der Waals surface area contributed by atoms with Crippen molar-refractivity contribution in [3.8, 4) is 17.1 Å². The van der Waals surface area contributed by atoms with E-state index < -0.39 is 0 Å². The Morgan fingerprint density at radius 1 is 1.56 bits per heavy atom. The maximum atomic E-state index is 6.26. The summed E-state index contributed by atoms with van der Waals surface area (Å²) in [4.78, 5) is 4.33. The second-order valence-electron chi connectivity index (χ2n) is 4.49. The number of hydrogen-bond acceptors (Lipinski definition) is 3. The molecular formula is C13H14ClN3O. The Morgan fingerprint density at radius 2 is 2.39 bits per heavy atom. The highest BCUT2D eigenvalue weighted by Gasteiger charge is 2.25. The minimum atomic E-state index is 0.0362.